The highest BCUT2D eigenvalue weighted by molar-refractivity contribution is 5.99. The lowest BCUT2D eigenvalue weighted by atomic mass is 10.1. The van der Waals surface area contributed by atoms with Gasteiger partial charge in [0.2, 0.25) is 0 Å². The molecule has 2 fully saturated rings. The molecule has 10 heteroatoms. The van der Waals surface area contributed by atoms with E-state index in [9.17, 15) is 14.4 Å². The zero-order chi connectivity index (χ0) is 30.0. The van der Waals surface area contributed by atoms with E-state index in [-0.39, 0.29) is 18.4 Å². The zero-order valence-corrected chi connectivity index (χ0v) is 24.1. The van der Waals surface area contributed by atoms with Gasteiger partial charge in [-0.05, 0) is 67.4 Å². The van der Waals surface area contributed by atoms with E-state index in [1.54, 1.807) is 36.4 Å². The van der Waals surface area contributed by atoms with E-state index in [2.05, 4.69) is 21.6 Å². The molecular formula is C33H36N6O4. The fraction of sp³-hybridized carbons (Fsp3) is 0.333. The van der Waals surface area contributed by atoms with Crippen molar-refractivity contribution < 1.29 is 19.1 Å². The molecule has 0 aliphatic carbocycles. The van der Waals surface area contributed by atoms with Crippen LogP contribution in [0.15, 0.2) is 72.8 Å². The Hall–Kier alpha value is -4.88. The third-order valence-corrected chi connectivity index (χ3v) is 7.71. The van der Waals surface area contributed by atoms with Crippen LogP contribution in [0, 0.1) is 11.3 Å². The van der Waals surface area contributed by atoms with Crippen molar-refractivity contribution in [2.45, 2.75) is 19.4 Å². The summed E-state index contributed by atoms with van der Waals surface area (Å²) in [5.74, 6) is -0.159. The predicted molar refractivity (Wildman–Crippen MR) is 164 cm³/mol. The number of nitrogens with one attached hydrogen (secondary N) is 2. The minimum absolute atomic E-state index is 0.0778. The maximum absolute atomic E-state index is 13.4. The van der Waals surface area contributed by atoms with Crippen LogP contribution in [-0.2, 0) is 11.3 Å². The summed E-state index contributed by atoms with van der Waals surface area (Å²) in [4.78, 5) is 45.3. The average Bonchev–Trinajstić information content (AvgIpc) is 3.48. The van der Waals surface area contributed by atoms with Crippen LogP contribution in [-0.4, -0.2) is 80.1 Å². The van der Waals surface area contributed by atoms with Crippen molar-refractivity contribution in [2.24, 2.45) is 0 Å². The van der Waals surface area contributed by atoms with Crippen LogP contribution in [0.1, 0.15) is 44.7 Å². The lowest BCUT2D eigenvalue weighted by Gasteiger charge is -2.27. The fourth-order valence-electron chi connectivity index (χ4n) is 5.38. The van der Waals surface area contributed by atoms with Crippen molar-refractivity contribution >= 4 is 29.3 Å². The van der Waals surface area contributed by atoms with Gasteiger partial charge < -0.3 is 24.8 Å². The second-order valence-corrected chi connectivity index (χ2v) is 10.6. The molecule has 2 saturated heterocycles. The van der Waals surface area contributed by atoms with Gasteiger partial charge in [0.25, 0.3) is 11.8 Å². The lowest BCUT2D eigenvalue weighted by molar-refractivity contribution is 0.0759. The van der Waals surface area contributed by atoms with Crippen LogP contribution in [0.5, 0.6) is 0 Å². The van der Waals surface area contributed by atoms with Crippen molar-refractivity contribution in [1.29, 1.82) is 5.26 Å². The number of nitriles is 1. The summed E-state index contributed by atoms with van der Waals surface area (Å²) in [7, 11) is 0. The average molecular weight is 581 g/mol. The summed E-state index contributed by atoms with van der Waals surface area (Å²) in [6.45, 7) is 5.31. The van der Waals surface area contributed by atoms with Gasteiger partial charge in [-0.2, -0.15) is 5.26 Å². The quantitative estimate of drug-likeness (QED) is 0.451. The van der Waals surface area contributed by atoms with Gasteiger partial charge in [0.05, 0.1) is 23.0 Å². The van der Waals surface area contributed by atoms with Gasteiger partial charge in [0.1, 0.15) is 6.61 Å². The SMILES string of the molecule is N#Cc1ccc(C(=O)N2CCCN(c3ccc(C(=O)N4CCCNCC4)cc3NC(=O)OCc3ccccc3)CC2)cc1. The van der Waals surface area contributed by atoms with Gasteiger partial charge in [-0.3, -0.25) is 14.9 Å². The van der Waals surface area contributed by atoms with Crippen LogP contribution in [0.3, 0.4) is 0 Å². The summed E-state index contributed by atoms with van der Waals surface area (Å²) in [5, 5.41) is 15.3. The van der Waals surface area contributed by atoms with E-state index in [1.807, 2.05) is 46.2 Å². The van der Waals surface area contributed by atoms with Crippen LogP contribution in [0.25, 0.3) is 0 Å². The number of amides is 3. The van der Waals surface area contributed by atoms with E-state index in [0.717, 1.165) is 37.2 Å². The molecule has 2 N–H and O–H groups in total. The molecule has 10 nitrogen and oxygen atoms in total. The van der Waals surface area contributed by atoms with Gasteiger partial charge in [-0.25, -0.2) is 4.79 Å². The van der Waals surface area contributed by atoms with Gasteiger partial charge in [-0.15, -0.1) is 0 Å². The van der Waals surface area contributed by atoms with Gasteiger partial charge >= 0.3 is 6.09 Å². The number of nitrogens with zero attached hydrogens (tertiary/aromatic N) is 4. The Morgan fingerprint density at radius 2 is 1.51 bits per heavy atom. The van der Waals surface area contributed by atoms with E-state index in [0.29, 0.717) is 61.6 Å². The highest BCUT2D eigenvalue weighted by atomic mass is 16.5. The van der Waals surface area contributed by atoms with Crippen LogP contribution >= 0.6 is 0 Å². The Balaban J connectivity index is 1.33. The van der Waals surface area contributed by atoms with Gasteiger partial charge in [-0.1, -0.05) is 30.3 Å². The number of hydrogen-bond donors (Lipinski definition) is 2. The molecule has 0 bridgehead atoms. The highest BCUT2D eigenvalue weighted by Gasteiger charge is 2.24. The topological polar surface area (TPSA) is 118 Å². The van der Waals surface area contributed by atoms with E-state index < -0.39 is 6.09 Å². The number of rotatable bonds is 6. The Morgan fingerprint density at radius 3 is 2.30 bits per heavy atom. The molecule has 222 valence electrons. The Bertz CT molecular complexity index is 1460. The molecule has 0 unspecified atom stereocenters. The van der Waals surface area contributed by atoms with E-state index >= 15 is 0 Å². The number of carbonyl (C=O) groups is 3. The van der Waals surface area contributed by atoms with Crippen molar-refractivity contribution in [3.63, 3.8) is 0 Å². The summed E-state index contributed by atoms with van der Waals surface area (Å²) in [6, 6.07) is 23.6. The van der Waals surface area contributed by atoms with Crippen LogP contribution in [0.4, 0.5) is 16.2 Å². The summed E-state index contributed by atoms with van der Waals surface area (Å²) in [5.41, 5.74) is 3.67. The number of benzene rings is 3. The van der Waals surface area contributed by atoms with Gasteiger partial charge in [0, 0.05) is 56.9 Å². The summed E-state index contributed by atoms with van der Waals surface area (Å²) >= 11 is 0. The lowest BCUT2D eigenvalue weighted by Crippen LogP contribution is -2.35. The number of carbonyl (C=O) groups excluding carboxylic acids is 3. The summed E-state index contributed by atoms with van der Waals surface area (Å²) in [6.07, 6.45) is 0.995. The monoisotopic (exact) mass is 580 g/mol. The predicted octanol–water partition coefficient (Wildman–Crippen LogP) is 4.09. The normalized spacial score (nSPS) is 15.6. The zero-order valence-electron chi connectivity index (χ0n) is 24.1. The molecular weight excluding hydrogens is 544 g/mol. The molecule has 0 saturated carbocycles. The Kier molecular flexibility index (Phi) is 9.87. The van der Waals surface area contributed by atoms with E-state index in [1.165, 1.54) is 0 Å². The number of ether oxygens (including phenoxy) is 1. The molecule has 0 aromatic heterocycles. The summed E-state index contributed by atoms with van der Waals surface area (Å²) < 4.78 is 5.50. The molecule has 0 spiro atoms. The first kappa shape index (κ1) is 29.6. The minimum atomic E-state index is -0.610. The van der Waals surface area contributed by atoms with Gasteiger partial charge in [0.15, 0.2) is 0 Å². The van der Waals surface area contributed by atoms with Crippen molar-refractivity contribution in [1.82, 2.24) is 15.1 Å². The van der Waals surface area contributed by atoms with Crippen LogP contribution < -0.4 is 15.5 Å². The van der Waals surface area contributed by atoms with Crippen LogP contribution in [0.2, 0.25) is 0 Å². The molecule has 3 aromatic rings. The smallest absolute Gasteiger partial charge is 0.412 e. The molecule has 3 aromatic carbocycles. The number of anilines is 2. The Morgan fingerprint density at radius 1 is 0.791 bits per heavy atom. The first-order chi connectivity index (χ1) is 21.0. The number of hydrogen-bond acceptors (Lipinski definition) is 7. The largest absolute Gasteiger partial charge is 0.444 e. The van der Waals surface area contributed by atoms with E-state index in [4.69, 9.17) is 10.00 Å². The molecule has 0 atom stereocenters. The first-order valence-corrected chi connectivity index (χ1v) is 14.7. The highest BCUT2D eigenvalue weighted by Crippen LogP contribution is 2.30. The molecule has 43 heavy (non-hydrogen) atoms. The standard InChI is InChI=1S/C33H36N6O4/c34-23-25-8-10-27(11-9-25)31(40)39-18-5-17-37(20-21-39)30-13-12-28(32(41)38-16-4-14-35-15-19-38)22-29(30)36-33(42)43-24-26-6-2-1-3-7-26/h1-3,6-13,22,35H,4-5,14-21,24H2,(H,36,42). The second kappa shape index (κ2) is 14.3. The molecule has 5 rings (SSSR count). The first-order valence-electron chi connectivity index (χ1n) is 14.7. The molecule has 0 radical (unpaired) electrons. The Labute approximate surface area is 251 Å². The molecule has 2 aliphatic rings. The molecule has 2 heterocycles. The minimum Gasteiger partial charge on any atom is -0.444 e. The third-order valence-electron chi connectivity index (χ3n) is 7.71. The van der Waals surface area contributed by atoms with Crippen molar-refractivity contribution in [3.05, 3.63) is 95.1 Å². The third kappa shape index (κ3) is 7.70. The molecule has 2 aliphatic heterocycles. The second-order valence-electron chi connectivity index (χ2n) is 10.6. The maximum Gasteiger partial charge on any atom is 0.412 e. The molecule has 3 amide bonds. The van der Waals surface area contributed by atoms with Crippen molar-refractivity contribution in [2.75, 3.05) is 62.6 Å². The maximum atomic E-state index is 13.4. The fourth-order valence-corrected chi connectivity index (χ4v) is 5.38. The van der Waals surface area contributed by atoms with Crippen molar-refractivity contribution in [3.8, 4) is 6.07 Å².